The zero-order chi connectivity index (χ0) is 21.2. The molecule has 0 unspecified atom stereocenters. The molecule has 2 amide bonds. The van der Waals surface area contributed by atoms with Crippen molar-refractivity contribution in [3.8, 4) is 11.3 Å². The highest BCUT2D eigenvalue weighted by Gasteiger charge is 2.21. The number of nitrogens with zero attached hydrogens (tertiary/aromatic N) is 2. The predicted molar refractivity (Wildman–Crippen MR) is 109 cm³/mol. The molecule has 0 aliphatic carbocycles. The van der Waals surface area contributed by atoms with Gasteiger partial charge in [-0.3, -0.25) is 9.59 Å². The fourth-order valence-electron chi connectivity index (χ4n) is 2.80. The fourth-order valence-corrected chi connectivity index (χ4v) is 2.80. The van der Waals surface area contributed by atoms with Gasteiger partial charge in [0.15, 0.2) is 11.5 Å². The van der Waals surface area contributed by atoms with E-state index in [0.717, 1.165) is 16.7 Å². The van der Waals surface area contributed by atoms with E-state index in [2.05, 4.69) is 10.5 Å². The van der Waals surface area contributed by atoms with E-state index in [4.69, 9.17) is 14.0 Å². The number of benzene rings is 1. The zero-order valence-corrected chi connectivity index (χ0v) is 17.5. The molecular formula is C21H29N3O5. The molecule has 2 aromatic rings. The van der Waals surface area contributed by atoms with Crippen LogP contribution in [0.2, 0.25) is 0 Å². The highest BCUT2D eigenvalue weighted by Crippen LogP contribution is 2.25. The maximum absolute atomic E-state index is 12.9. The summed E-state index contributed by atoms with van der Waals surface area (Å²) in [5, 5.41) is 6.70. The minimum absolute atomic E-state index is 0.145. The second-order valence-corrected chi connectivity index (χ2v) is 6.77. The third-order valence-electron chi connectivity index (χ3n) is 4.48. The molecule has 2 rings (SSSR count). The number of rotatable bonds is 11. The summed E-state index contributed by atoms with van der Waals surface area (Å²) in [5.41, 5.74) is 3.24. The van der Waals surface area contributed by atoms with E-state index in [1.807, 2.05) is 32.0 Å². The lowest BCUT2D eigenvalue weighted by Crippen LogP contribution is -2.38. The topological polar surface area (TPSA) is 93.9 Å². The monoisotopic (exact) mass is 403 g/mol. The number of amides is 2. The quantitative estimate of drug-likeness (QED) is 0.578. The second kappa shape index (κ2) is 11.3. The molecule has 0 radical (unpaired) electrons. The van der Waals surface area contributed by atoms with Gasteiger partial charge in [-0.2, -0.15) is 0 Å². The van der Waals surface area contributed by atoms with Gasteiger partial charge in [0.1, 0.15) is 0 Å². The van der Waals surface area contributed by atoms with Crippen molar-refractivity contribution in [2.45, 2.75) is 20.3 Å². The van der Waals surface area contributed by atoms with Crippen LogP contribution in [-0.4, -0.2) is 68.9 Å². The Morgan fingerprint density at radius 3 is 2.59 bits per heavy atom. The van der Waals surface area contributed by atoms with E-state index >= 15 is 0 Å². The first-order valence-electron chi connectivity index (χ1n) is 9.54. The predicted octanol–water partition coefficient (Wildman–Crippen LogP) is 2.20. The van der Waals surface area contributed by atoms with Gasteiger partial charge in [0.2, 0.25) is 5.91 Å². The Bertz CT molecular complexity index is 818. The van der Waals surface area contributed by atoms with Crippen molar-refractivity contribution < 1.29 is 23.6 Å². The van der Waals surface area contributed by atoms with Crippen molar-refractivity contribution in [3.63, 3.8) is 0 Å². The van der Waals surface area contributed by atoms with Crippen LogP contribution in [0.4, 0.5) is 0 Å². The van der Waals surface area contributed by atoms with Crippen LogP contribution in [-0.2, 0) is 14.3 Å². The van der Waals surface area contributed by atoms with Gasteiger partial charge in [0.25, 0.3) is 5.91 Å². The molecule has 8 nitrogen and oxygen atoms in total. The Balaban J connectivity index is 2.08. The van der Waals surface area contributed by atoms with Crippen LogP contribution in [0, 0.1) is 13.8 Å². The minimum Gasteiger partial charge on any atom is -0.383 e. The first kappa shape index (κ1) is 22.6. The highest BCUT2D eigenvalue weighted by atomic mass is 16.5. The molecule has 0 bridgehead atoms. The van der Waals surface area contributed by atoms with Crippen LogP contribution in [0.3, 0.4) is 0 Å². The lowest BCUT2D eigenvalue weighted by Gasteiger charge is -2.21. The maximum Gasteiger partial charge on any atom is 0.276 e. The molecule has 158 valence electrons. The van der Waals surface area contributed by atoms with Crippen molar-refractivity contribution >= 4 is 11.8 Å². The van der Waals surface area contributed by atoms with Crippen LogP contribution in [0.15, 0.2) is 28.8 Å². The number of aryl methyl sites for hydroxylation is 2. The van der Waals surface area contributed by atoms with Gasteiger partial charge in [0, 0.05) is 51.9 Å². The molecule has 29 heavy (non-hydrogen) atoms. The average Bonchev–Trinajstić information content (AvgIpc) is 3.19. The van der Waals surface area contributed by atoms with Crippen molar-refractivity contribution in [1.29, 1.82) is 0 Å². The normalized spacial score (nSPS) is 10.8. The molecule has 0 saturated heterocycles. The lowest BCUT2D eigenvalue weighted by atomic mass is 10.0. The largest absolute Gasteiger partial charge is 0.383 e. The number of nitrogens with one attached hydrogen (secondary N) is 1. The van der Waals surface area contributed by atoms with Gasteiger partial charge in [-0.15, -0.1) is 0 Å². The van der Waals surface area contributed by atoms with Crippen LogP contribution in [0.25, 0.3) is 11.3 Å². The van der Waals surface area contributed by atoms with Gasteiger partial charge in [-0.25, -0.2) is 0 Å². The third kappa shape index (κ3) is 6.69. The number of aromatic nitrogens is 1. The van der Waals surface area contributed by atoms with Gasteiger partial charge < -0.3 is 24.2 Å². The summed E-state index contributed by atoms with van der Waals surface area (Å²) in [4.78, 5) is 26.4. The van der Waals surface area contributed by atoms with E-state index in [1.165, 1.54) is 0 Å². The van der Waals surface area contributed by atoms with E-state index in [0.29, 0.717) is 32.1 Å². The van der Waals surface area contributed by atoms with Crippen molar-refractivity contribution in [3.05, 3.63) is 41.1 Å². The Kier molecular flexibility index (Phi) is 8.82. The van der Waals surface area contributed by atoms with Crippen LogP contribution in [0.1, 0.15) is 28.0 Å². The van der Waals surface area contributed by atoms with E-state index < -0.39 is 0 Å². The zero-order valence-electron chi connectivity index (χ0n) is 17.5. The molecule has 0 spiro atoms. The molecule has 1 N–H and O–H groups in total. The van der Waals surface area contributed by atoms with Crippen LogP contribution in [0.5, 0.6) is 0 Å². The SMILES string of the molecule is COCCNC(=O)CCN(CCOC)C(=O)c1cc(-c2cc(C)ccc2C)on1. The van der Waals surface area contributed by atoms with E-state index in [9.17, 15) is 9.59 Å². The third-order valence-corrected chi connectivity index (χ3v) is 4.48. The van der Waals surface area contributed by atoms with Crippen molar-refractivity contribution in [2.24, 2.45) is 0 Å². The first-order valence-corrected chi connectivity index (χ1v) is 9.54. The molecule has 0 aliphatic rings. The molecule has 1 heterocycles. The Labute approximate surface area is 171 Å². The summed E-state index contributed by atoms with van der Waals surface area (Å²) in [6, 6.07) is 7.66. The van der Waals surface area contributed by atoms with Crippen molar-refractivity contribution in [2.75, 3.05) is 47.1 Å². The summed E-state index contributed by atoms with van der Waals surface area (Å²) < 4.78 is 15.4. The smallest absolute Gasteiger partial charge is 0.276 e. The fraction of sp³-hybridized carbons (Fsp3) is 0.476. The minimum atomic E-state index is -0.299. The summed E-state index contributed by atoms with van der Waals surface area (Å²) >= 11 is 0. The Hall–Kier alpha value is -2.71. The Morgan fingerprint density at radius 2 is 1.86 bits per heavy atom. The lowest BCUT2D eigenvalue weighted by molar-refractivity contribution is -0.121. The Morgan fingerprint density at radius 1 is 1.10 bits per heavy atom. The van der Waals surface area contributed by atoms with Gasteiger partial charge in [-0.1, -0.05) is 22.9 Å². The van der Waals surface area contributed by atoms with E-state index in [1.54, 1.807) is 25.2 Å². The molecular weight excluding hydrogens is 374 g/mol. The number of ether oxygens (including phenoxy) is 2. The van der Waals surface area contributed by atoms with Gasteiger partial charge in [-0.05, 0) is 25.5 Å². The van der Waals surface area contributed by atoms with Gasteiger partial charge >= 0.3 is 0 Å². The second-order valence-electron chi connectivity index (χ2n) is 6.77. The average molecular weight is 403 g/mol. The molecule has 1 aromatic carbocycles. The molecule has 8 heteroatoms. The van der Waals surface area contributed by atoms with Crippen LogP contribution >= 0.6 is 0 Å². The molecule has 0 saturated carbocycles. The number of carbonyl (C=O) groups excluding carboxylic acids is 2. The van der Waals surface area contributed by atoms with Crippen molar-refractivity contribution in [1.82, 2.24) is 15.4 Å². The maximum atomic E-state index is 12.9. The number of hydrogen-bond acceptors (Lipinski definition) is 6. The highest BCUT2D eigenvalue weighted by molar-refractivity contribution is 5.93. The van der Waals surface area contributed by atoms with Gasteiger partial charge in [0.05, 0.1) is 13.2 Å². The molecule has 0 atom stereocenters. The summed E-state index contributed by atoms with van der Waals surface area (Å²) in [6.45, 7) is 5.82. The molecule has 0 aliphatic heterocycles. The number of carbonyl (C=O) groups is 2. The molecule has 1 aromatic heterocycles. The standard InChI is InChI=1S/C21H29N3O5/c1-15-5-6-16(2)17(13-15)19-14-18(23-29-19)21(26)24(10-12-28-4)9-7-20(25)22-8-11-27-3/h5-6,13-14H,7-12H2,1-4H3,(H,22,25). The number of methoxy groups -OCH3 is 2. The van der Waals surface area contributed by atoms with Crippen LogP contribution < -0.4 is 5.32 Å². The summed E-state index contributed by atoms with van der Waals surface area (Å²) in [5.74, 6) is 0.0964. The van der Waals surface area contributed by atoms with E-state index in [-0.39, 0.29) is 30.5 Å². The summed E-state index contributed by atoms with van der Waals surface area (Å²) in [7, 11) is 3.14. The summed E-state index contributed by atoms with van der Waals surface area (Å²) in [6.07, 6.45) is 0.181. The molecule has 0 fully saturated rings. The number of hydrogen-bond donors (Lipinski definition) is 1. The first-order chi connectivity index (χ1) is 14.0.